The summed E-state index contributed by atoms with van der Waals surface area (Å²) in [4.78, 5) is 0.639. The maximum Gasteiger partial charge on any atom is 0.243 e. The molecule has 0 spiro atoms. The molecule has 6 heteroatoms. The van der Waals surface area contributed by atoms with Crippen LogP contribution in [0.1, 0.15) is 18.9 Å². The van der Waals surface area contributed by atoms with Crippen LogP contribution in [0.25, 0.3) is 0 Å². The molecule has 100 valence electrons. The second-order valence-electron chi connectivity index (χ2n) is 4.03. The van der Waals surface area contributed by atoms with Gasteiger partial charge in [0.25, 0.3) is 0 Å². The van der Waals surface area contributed by atoms with Crippen LogP contribution >= 0.6 is 12.2 Å². The fourth-order valence-electron chi connectivity index (χ4n) is 1.61. The number of thiocarbonyl (C=S) groups is 1. The van der Waals surface area contributed by atoms with E-state index < -0.39 is 10.0 Å². The Labute approximate surface area is 114 Å². The van der Waals surface area contributed by atoms with Crippen LogP contribution in [-0.4, -0.2) is 30.8 Å². The highest BCUT2D eigenvalue weighted by atomic mass is 32.2. The monoisotopic (exact) mass is 286 g/mol. The van der Waals surface area contributed by atoms with Gasteiger partial charge in [0.15, 0.2) is 0 Å². The number of rotatable bonds is 6. The Kier molecular flexibility index (Phi) is 5.25. The summed E-state index contributed by atoms with van der Waals surface area (Å²) >= 11 is 4.78. The van der Waals surface area contributed by atoms with Gasteiger partial charge in [0.2, 0.25) is 10.0 Å². The van der Waals surface area contributed by atoms with Gasteiger partial charge in [-0.05, 0) is 24.6 Å². The highest BCUT2D eigenvalue weighted by Gasteiger charge is 2.22. The molecule has 1 rings (SSSR count). The predicted molar refractivity (Wildman–Crippen MR) is 77.0 cm³/mol. The van der Waals surface area contributed by atoms with E-state index in [0.717, 1.165) is 5.56 Å². The van der Waals surface area contributed by atoms with Gasteiger partial charge in [-0.25, -0.2) is 8.42 Å². The molecule has 0 aromatic heterocycles. The summed E-state index contributed by atoms with van der Waals surface area (Å²) in [7, 11) is -3.45. The first-order valence-corrected chi connectivity index (χ1v) is 7.58. The van der Waals surface area contributed by atoms with Crippen molar-refractivity contribution in [2.45, 2.75) is 25.2 Å². The van der Waals surface area contributed by atoms with Crippen molar-refractivity contribution in [3.8, 4) is 0 Å². The van der Waals surface area contributed by atoms with Crippen LogP contribution in [0, 0.1) is 6.92 Å². The molecule has 1 aromatic carbocycles. The number of hydrogen-bond acceptors (Lipinski definition) is 3. The van der Waals surface area contributed by atoms with Gasteiger partial charge >= 0.3 is 0 Å². The molecule has 0 aliphatic carbocycles. The van der Waals surface area contributed by atoms with Gasteiger partial charge in [-0.3, -0.25) is 0 Å². The topological polar surface area (TPSA) is 63.4 Å². The van der Waals surface area contributed by atoms with Crippen molar-refractivity contribution in [3.05, 3.63) is 29.8 Å². The Morgan fingerprint density at radius 1 is 1.44 bits per heavy atom. The highest BCUT2D eigenvalue weighted by Crippen LogP contribution is 2.16. The third-order valence-corrected chi connectivity index (χ3v) is 4.76. The van der Waals surface area contributed by atoms with Crippen molar-refractivity contribution in [1.82, 2.24) is 4.31 Å². The lowest BCUT2D eigenvalue weighted by molar-refractivity contribution is 0.437. The van der Waals surface area contributed by atoms with Crippen molar-refractivity contribution in [3.63, 3.8) is 0 Å². The first kappa shape index (κ1) is 15.1. The summed E-state index contributed by atoms with van der Waals surface area (Å²) < 4.78 is 26.1. The molecule has 18 heavy (non-hydrogen) atoms. The molecule has 0 saturated carbocycles. The zero-order valence-electron chi connectivity index (χ0n) is 10.6. The molecule has 0 saturated heterocycles. The molecule has 1 aromatic rings. The highest BCUT2D eigenvalue weighted by molar-refractivity contribution is 7.89. The summed E-state index contributed by atoms with van der Waals surface area (Å²) in [5, 5.41) is 0. The summed E-state index contributed by atoms with van der Waals surface area (Å²) in [6.07, 6.45) is 0.397. The maximum absolute atomic E-state index is 12.4. The van der Waals surface area contributed by atoms with Gasteiger partial charge < -0.3 is 5.73 Å². The van der Waals surface area contributed by atoms with Crippen LogP contribution in [0.4, 0.5) is 0 Å². The van der Waals surface area contributed by atoms with E-state index in [4.69, 9.17) is 18.0 Å². The molecule has 0 aliphatic rings. The Morgan fingerprint density at radius 2 is 2.11 bits per heavy atom. The van der Waals surface area contributed by atoms with Crippen molar-refractivity contribution in [1.29, 1.82) is 0 Å². The minimum absolute atomic E-state index is 0.312. The molecule has 0 fully saturated rings. The van der Waals surface area contributed by atoms with Gasteiger partial charge in [-0.15, -0.1) is 0 Å². The average molecular weight is 286 g/mol. The van der Waals surface area contributed by atoms with E-state index in [-0.39, 0.29) is 0 Å². The van der Waals surface area contributed by atoms with Crippen LogP contribution in [0.5, 0.6) is 0 Å². The number of hydrogen-bond donors (Lipinski definition) is 1. The smallest absolute Gasteiger partial charge is 0.243 e. The summed E-state index contributed by atoms with van der Waals surface area (Å²) in [6.45, 7) is 4.39. The molecule has 2 N–H and O–H groups in total. The van der Waals surface area contributed by atoms with E-state index in [9.17, 15) is 8.42 Å². The summed E-state index contributed by atoms with van der Waals surface area (Å²) in [6, 6.07) is 6.87. The molecule has 4 nitrogen and oxygen atoms in total. The van der Waals surface area contributed by atoms with Crippen LogP contribution < -0.4 is 5.73 Å². The first-order chi connectivity index (χ1) is 8.37. The van der Waals surface area contributed by atoms with Gasteiger partial charge in [-0.1, -0.05) is 31.3 Å². The molecule has 0 heterocycles. The van der Waals surface area contributed by atoms with Crippen molar-refractivity contribution in [2.75, 3.05) is 13.1 Å². The SMILES string of the molecule is CCN(CCC(N)=S)S(=O)(=O)c1cccc(C)c1. The van der Waals surface area contributed by atoms with E-state index in [2.05, 4.69) is 0 Å². The average Bonchev–Trinajstić information content (AvgIpc) is 2.29. The molecule has 0 aliphatic heterocycles. The summed E-state index contributed by atoms with van der Waals surface area (Å²) in [5.74, 6) is 0. The molecule has 0 atom stereocenters. The molecular weight excluding hydrogens is 268 g/mol. The van der Waals surface area contributed by atoms with E-state index in [1.165, 1.54) is 4.31 Å². The molecule has 0 amide bonds. The molecular formula is C12H18N2O2S2. The number of benzene rings is 1. The van der Waals surface area contributed by atoms with Crippen LogP contribution in [0.3, 0.4) is 0 Å². The minimum Gasteiger partial charge on any atom is -0.393 e. The van der Waals surface area contributed by atoms with Gasteiger partial charge in [-0.2, -0.15) is 4.31 Å². The first-order valence-electron chi connectivity index (χ1n) is 5.73. The van der Waals surface area contributed by atoms with E-state index in [0.29, 0.717) is 29.4 Å². The molecule has 0 unspecified atom stereocenters. The number of nitrogens with zero attached hydrogens (tertiary/aromatic N) is 1. The standard InChI is InChI=1S/C12H18N2O2S2/c1-3-14(8-7-12(13)17)18(15,16)11-6-4-5-10(2)9-11/h4-6,9H,3,7-8H2,1-2H3,(H2,13,17). The van der Waals surface area contributed by atoms with Crippen molar-refractivity contribution >= 4 is 27.2 Å². The second-order valence-corrected chi connectivity index (χ2v) is 6.49. The maximum atomic E-state index is 12.4. The Morgan fingerprint density at radius 3 is 2.61 bits per heavy atom. The number of sulfonamides is 1. The quantitative estimate of drug-likeness (QED) is 0.808. The Hall–Kier alpha value is -0.980. The fourth-order valence-corrected chi connectivity index (χ4v) is 3.25. The van der Waals surface area contributed by atoms with Gasteiger partial charge in [0, 0.05) is 19.5 Å². The lowest BCUT2D eigenvalue weighted by atomic mass is 10.2. The Bertz CT molecular complexity index is 527. The van der Waals surface area contributed by atoms with Gasteiger partial charge in [0.05, 0.1) is 9.88 Å². The minimum atomic E-state index is -3.45. The van der Waals surface area contributed by atoms with Crippen molar-refractivity contribution < 1.29 is 8.42 Å². The third-order valence-electron chi connectivity index (χ3n) is 2.59. The molecule has 0 bridgehead atoms. The van der Waals surface area contributed by atoms with E-state index in [1.54, 1.807) is 25.1 Å². The number of aryl methyl sites for hydroxylation is 1. The predicted octanol–water partition coefficient (Wildman–Crippen LogP) is 1.68. The normalized spacial score (nSPS) is 11.7. The fraction of sp³-hybridized carbons (Fsp3) is 0.417. The van der Waals surface area contributed by atoms with Gasteiger partial charge in [0.1, 0.15) is 0 Å². The van der Waals surface area contributed by atoms with E-state index >= 15 is 0 Å². The summed E-state index contributed by atoms with van der Waals surface area (Å²) in [5.41, 5.74) is 6.33. The largest absolute Gasteiger partial charge is 0.393 e. The van der Waals surface area contributed by atoms with Crippen LogP contribution in [0.2, 0.25) is 0 Å². The third kappa shape index (κ3) is 3.76. The van der Waals surface area contributed by atoms with Crippen LogP contribution in [0.15, 0.2) is 29.2 Å². The lowest BCUT2D eigenvalue weighted by Gasteiger charge is -2.20. The van der Waals surface area contributed by atoms with Crippen molar-refractivity contribution in [2.24, 2.45) is 5.73 Å². The Balaban J connectivity index is 2.99. The van der Waals surface area contributed by atoms with E-state index in [1.807, 2.05) is 13.0 Å². The lowest BCUT2D eigenvalue weighted by Crippen LogP contribution is -2.33. The zero-order chi connectivity index (χ0) is 13.8. The zero-order valence-corrected chi connectivity index (χ0v) is 12.2. The molecule has 0 radical (unpaired) electrons. The second kappa shape index (κ2) is 6.26. The number of nitrogens with two attached hydrogens (primary N) is 1. The van der Waals surface area contributed by atoms with Crippen LogP contribution in [-0.2, 0) is 10.0 Å².